The van der Waals surface area contributed by atoms with Crippen molar-refractivity contribution in [2.24, 2.45) is 5.84 Å². The molecule has 0 aromatic carbocycles. The predicted octanol–water partition coefficient (Wildman–Crippen LogP) is 0.298. The van der Waals surface area contributed by atoms with E-state index in [0.29, 0.717) is 0 Å². The zero-order valence-corrected chi connectivity index (χ0v) is 14.3. The molecule has 1 rings (SSSR count). The fraction of sp³-hybridized carbons (Fsp3) is 0.786. The molecule has 1 aromatic heterocycles. The molecule has 1 aromatic rings. The van der Waals surface area contributed by atoms with Crippen molar-refractivity contribution >= 4 is 0 Å². The number of nitrogens with zero attached hydrogens (tertiary/aromatic N) is 4. The van der Waals surface area contributed by atoms with Gasteiger partial charge in [-0.2, -0.15) is 5.10 Å². The number of likely N-dealkylation sites (N-methyl/N-ethyl adjacent to an activating group) is 2. The zero-order valence-electron chi connectivity index (χ0n) is 14.3. The van der Waals surface area contributed by atoms with E-state index in [4.69, 9.17) is 10.6 Å². The van der Waals surface area contributed by atoms with Gasteiger partial charge in [-0.1, -0.05) is 0 Å². The lowest BCUT2D eigenvalue weighted by atomic mass is 9.90. The summed E-state index contributed by atoms with van der Waals surface area (Å²) in [6, 6.07) is -0.105. The molecule has 0 saturated heterocycles. The van der Waals surface area contributed by atoms with Crippen LogP contribution in [0.25, 0.3) is 0 Å². The summed E-state index contributed by atoms with van der Waals surface area (Å²) in [7, 11) is 9.83. The molecule has 1 heterocycles. The number of hydrazine groups is 1. The topological polar surface area (TPSA) is 71.6 Å². The fourth-order valence-corrected chi connectivity index (χ4v) is 2.17. The van der Waals surface area contributed by atoms with Crippen LogP contribution in [0.5, 0.6) is 5.75 Å². The molecule has 0 bridgehead atoms. The zero-order chi connectivity index (χ0) is 16.2. The number of aromatic nitrogens is 2. The summed E-state index contributed by atoms with van der Waals surface area (Å²) >= 11 is 0. The van der Waals surface area contributed by atoms with Gasteiger partial charge in [0, 0.05) is 12.1 Å². The van der Waals surface area contributed by atoms with Gasteiger partial charge in [-0.3, -0.25) is 10.5 Å². The van der Waals surface area contributed by atoms with Gasteiger partial charge in [0.15, 0.2) is 5.75 Å². The Morgan fingerprint density at radius 1 is 1.38 bits per heavy atom. The smallest absolute Gasteiger partial charge is 0.161 e. The van der Waals surface area contributed by atoms with Gasteiger partial charge in [0.25, 0.3) is 0 Å². The maximum absolute atomic E-state index is 5.85. The molecule has 7 nitrogen and oxygen atoms in total. The standard InChI is InChI=1S/C14H30N6O/c1-14(2,19(5)6)13(17-15)12-11(21-7)10-16-20(12)9-8-18(3)4/h10,13,17H,8-9,15H2,1-7H3. The Kier molecular flexibility index (Phi) is 6.15. The Hall–Kier alpha value is -1.15. The highest BCUT2D eigenvalue weighted by molar-refractivity contribution is 5.30. The molecule has 0 radical (unpaired) electrons. The maximum Gasteiger partial charge on any atom is 0.161 e. The van der Waals surface area contributed by atoms with Crippen LogP contribution in [0.1, 0.15) is 25.6 Å². The minimum Gasteiger partial charge on any atom is -0.493 e. The lowest BCUT2D eigenvalue weighted by molar-refractivity contribution is 0.130. The second-order valence-corrected chi connectivity index (χ2v) is 6.27. The van der Waals surface area contributed by atoms with Crippen LogP contribution in [-0.2, 0) is 6.54 Å². The van der Waals surface area contributed by atoms with Crippen LogP contribution in [0.15, 0.2) is 6.20 Å². The van der Waals surface area contributed by atoms with Gasteiger partial charge in [0.1, 0.15) is 5.69 Å². The van der Waals surface area contributed by atoms with Crippen molar-refractivity contribution in [2.45, 2.75) is 32.0 Å². The van der Waals surface area contributed by atoms with Crippen LogP contribution < -0.4 is 16.0 Å². The maximum atomic E-state index is 5.85. The molecule has 1 unspecified atom stereocenters. The van der Waals surface area contributed by atoms with E-state index in [-0.39, 0.29) is 11.6 Å². The van der Waals surface area contributed by atoms with E-state index in [2.05, 4.69) is 34.2 Å². The minimum atomic E-state index is -0.196. The molecule has 21 heavy (non-hydrogen) atoms. The summed E-state index contributed by atoms with van der Waals surface area (Å²) in [5.74, 6) is 6.61. The Balaban J connectivity index is 3.20. The van der Waals surface area contributed by atoms with Crippen molar-refractivity contribution in [2.75, 3.05) is 41.8 Å². The summed E-state index contributed by atoms with van der Waals surface area (Å²) in [6.07, 6.45) is 1.75. The second kappa shape index (κ2) is 7.22. The van der Waals surface area contributed by atoms with Crippen molar-refractivity contribution in [3.8, 4) is 5.75 Å². The van der Waals surface area contributed by atoms with Crippen molar-refractivity contribution in [3.05, 3.63) is 11.9 Å². The molecule has 3 N–H and O–H groups in total. The molecule has 0 saturated carbocycles. The van der Waals surface area contributed by atoms with E-state index < -0.39 is 0 Å². The molecular weight excluding hydrogens is 268 g/mol. The first-order valence-corrected chi connectivity index (χ1v) is 7.13. The first kappa shape index (κ1) is 17.9. The number of nitrogens with two attached hydrogens (primary N) is 1. The number of methoxy groups -OCH3 is 1. The third-order valence-electron chi connectivity index (χ3n) is 4.12. The largest absolute Gasteiger partial charge is 0.493 e. The predicted molar refractivity (Wildman–Crippen MR) is 85.2 cm³/mol. The quantitative estimate of drug-likeness (QED) is 0.531. The molecule has 122 valence electrons. The number of nitrogens with one attached hydrogen (secondary N) is 1. The van der Waals surface area contributed by atoms with Crippen LogP contribution in [0.3, 0.4) is 0 Å². The summed E-state index contributed by atoms with van der Waals surface area (Å²) in [4.78, 5) is 4.26. The van der Waals surface area contributed by atoms with Gasteiger partial charge in [-0.15, -0.1) is 0 Å². The highest BCUT2D eigenvalue weighted by atomic mass is 16.5. The van der Waals surface area contributed by atoms with Crippen LogP contribution in [0, 0.1) is 0 Å². The number of hydrogen-bond donors (Lipinski definition) is 2. The van der Waals surface area contributed by atoms with Gasteiger partial charge in [0.2, 0.25) is 0 Å². The van der Waals surface area contributed by atoms with Crippen LogP contribution >= 0.6 is 0 Å². The van der Waals surface area contributed by atoms with Crippen molar-refractivity contribution in [1.29, 1.82) is 0 Å². The van der Waals surface area contributed by atoms with Gasteiger partial charge in [0.05, 0.1) is 25.9 Å². The van der Waals surface area contributed by atoms with E-state index >= 15 is 0 Å². The number of ether oxygens (including phenoxy) is 1. The SMILES string of the molecule is COc1cnn(CCN(C)C)c1C(NN)C(C)(C)N(C)C. The van der Waals surface area contributed by atoms with Crippen LogP contribution in [0.2, 0.25) is 0 Å². The van der Waals surface area contributed by atoms with Crippen molar-refractivity contribution < 1.29 is 4.74 Å². The summed E-state index contributed by atoms with van der Waals surface area (Å²) in [6.45, 7) is 5.96. The normalized spacial score (nSPS) is 14.0. The van der Waals surface area contributed by atoms with Crippen molar-refractivity contribution in [1.82, 2.24) is 25.0 Å². The van der Waals surface area contributed by atoms with Gasteiger partial charge >= 0.3 is 0 Å². The lowest BCUT2D eigenvalue weighted by Gasteiger charge is -2.40. The third kappa shape index (κ3) is 3.94. The third-order valence-corrected chi connectivity index (χ3v) is 4.12. The highest BCUT2D eigenvalue weighted by Gasteiger charge is 2.36. The monoisotopic (exact) mass is 298 g/mol. The molecule has 1 atom stereocenters. The first-order chi connectivity index (χ1) is 9.75. The van der Waals surface area contributed by atoms with E-state index in [1.54, 1.807) is 13.3 Å². The Morgan fingerprint density at radius 2 is 2.00 bits per heavy atom. The summed E-state index contributed by atoms with van der Waals surface area (Å²) in [5.41, 5.74) is 3.71. The molecule has 0 fully saturated rings. The van der Waals surface area contributed by atoms with E-state index in [9.17, 15) is 0 Å². The van der Waals surface area contributed by atoms with Crippen LogP contribution in [0.4, 0.5) is 0 Å². The van der Waals surface area contributed by atoms with E-state index in [0.717, 1.165) is 24.5 Å². The van der Waals surface area contributed by atoms with E-state index in [1.807, 2.05) is 32.9 Å². The molecule has 0 aliphatic heterocycles. The molecule has 0 aliphatic rings. The Labute approximate surface area is 128 Å². The lowest BCUT2D eigenvalue weighted by Crippen LogP contribution is -2.52. The molecular formula is C14H30N6O. The summed E-state index contributed by atoms with van der Waals surface area (Å²) in [5, 5.41) is 4.45. The Bertz CT molecular complexity index is 441. The van der Waals surface area contributed by atoms with Gasteiger partial charge in [-0.25, -0.2) is 5.43 Å². The summed E-state index contributed by atoms with van der Waals surface area (Å²) < 4.78 is 7.45. The average Bonchev–Trinajstić information content (AvgIpc) is 2.79. The minimum absolute atomic E-state index is 0.105. The van der Waals surface area contributed by atoms with E-state index in [1.165, 1.54) is 0 Å². The fourth-order valence-electron chi connectivity index (χ4n) is 2.17. The molecule has 7 heteroatoms. The molecule has 0 aliphatic carbocycles. The molecule has 0 spiro atoms. The number of hydrogen-bond acceptors (Lipinski definition) is 6. The Morgan fingerprint density at radius 3 is 2.43 bits per heavy atom. The highest BCUT2D eigenvalue weighted by Crippen LogP contribution is 2.34. The first-order valence-electron chi connectivity index (χ1n) is 7.13. The van der Waals surface area contributed by atoms with Gasteiger partial charge in [-0.05, 0) is 42.0 Å². The van der Waals surface area contributed by atoms with Crippen molar-refractivity contribution in [3.63, 3.8) is 0 Å². The average molecular weight is 298 g/mol. The molecule has 0 amide bonds. The second-order valence-electron chi connectivity index (χ2n) is 6.27. The van der Waals surface area contributed by atoms with Gasteiger partial charge < -0.3 is 14.5 Å². The number of rotatable bonds is 8. The van der Waals surface area contributed by atoms with Crippen LogP contribution in [-0.4, -0.2) is 67.0 Å².